The van der Waals surface area contributed by atoms with E-state index in [0.717, 1.165) is 0 Å². The number of ether oxygens (including phenoxy) is 1. The van der Waals surface area contributed by atoms with Gasteiger partial charge in [-0.15, -0.1) is 5.10 Å². The molecule has 0 spiro atoms. The highest BCUT2D eigenvalue weighted by Gasteiger charge is 2.12. The Morgan fingerprint density at radius 3 is 3.00 bits per heavy atom. The first-order chi connectivity index (χ1) is 8.74. The maximum Gasteiger partial charge on any atom is 0.360 e. The summed E-state index contributed by atoms with van der Waals surface area (Å²) in [7, 11) is 0. The van der Waals surface area contributed by atoms with Crippen LogP contribution in [0.5, 0.6) is 0 Å². The molecule has 90 valence electrons. The number of hydrogen-bond acceptors (Lipinski definition) is 6. The SMILES string of the molecule is CCOC(=O)c1cn(-c2ccc(C#N)cn2)nn1. The van der Waals surface area contributed by atoms with Crippen LogP contribution in [-0.2, 0) is 4.74 Å². The minimum atomic E-state index is -0.530. The van der Waals surface area contributed by atoms with Crippen molar-refractivity contribution in [1.29, 1.82) is 5.26 Å². The molecule has 0 bridgehead atoms. The van der Waals surface area contributed by atoms with E-state index >= 15 is 0 Å². The van der Waals surface area contributed by atoms with Crippen molar-refractivity contribution in [2.75, 3.05) is 6.61 Å². The van der Waals surface area contributed by atoms with Crippen molar-refractivity contribution in [3.8, 4) is 11.9 Å². The van der Waals surface area contributed by atoms with Crippen LogP contribution in [0.3, 0.4) is 0 Å². The first kappa shape index (κ1) is 11.7. The van der Waals surface area contributed by atoms with E-state index in [1.807, 2.05) is 6.07 Å². The number of pyridine rings is 1. The molecule has 7 heteroatoms. The van der Waals surface area contributed by atoms with Gasteiger partial charge in [-0.1, -0.05) is 5.21 Å². The minimum absolute atomic E-state index is 0.114. The van der Waals surface area contributed by atoms with E-state index in [9.17, 15) is 4.79 Å². The number of hydrogen-bond donors (Lipinski definition) is 0. The predicted molar refractivity (Wildman–Crippen MR) is 59.8 cm³/mol. The summed E-state index contributed by atoms with van der Waals surface area (Å²) in [6.07, 6.45) is 2.84. The van der Waals surface area contributed by atoms with Crippen LogP contribution in [0.4, 0.5) is 0 Å². The van der Waals surface area contributed by atoms with Crippen LogP contribution < -0.4 is 0 Å². The van der Waals surface area contributed by atoms with Gasteiger partial charge in [0.1, 0.15) is 6.07 Å². The monoisotopic (exact) mass is 243 g/mol. The predicted octanol–water partition coefficient (Wildman–Crippen LogP) is 0.711. The third-order valence-electron chi connectivity index (χ3n) is 2.09. The molecule has 0 aliphatic rings. The van der Waals surface area contributed by atoms with Crippen LogP contribution in [0, 0.1) is 11.3 Å². The fourth-order valence-corrected chi connectivity index (χ4v) is 1.26. The second-order valence-corrected chi connectivity index (χ2v) is 3.29. The fourth-order valence-electron chi connectivity index (χ4n) is 1.26. The zero-order chi connectivity index (χ0) is 13.0. The Bertz CT molecular complexity index is 597. The average molecular weight is 243 g/mol. The van der Waals surface area contributed by atoms with Crippen molar-refractivity contribution in [3.63, 3.8) is 0 Å². The number of aromatic nitrogens is 4. The Morgan fingerprint density at radius 2 is 2.39 bits per heavy atom. The molecule has 2 aromatic rings. The van der Waals surface area contributed by atoms with E-state index < -0.39 is 5.97 Å². The third-order valence-corrected chi connectivity index (χ3v) is 2.09. The molecule has 0 atom stereocenters. The summed E-state index contributed by atoms with van der Waals surface area (Å²) in [5, 5.41) is 16.1. The number of carbonyl (C=O) groups excluding carboxylic acids is 1. The molecular weight excluding hydrogens is 234 g/mol. The summed E-state index contributed by atoms with van der Waals surface area (Å²) < 4.78 is 6.14. The van der Waals surface area contributed by atoms with E-state index in [0.29, 0.717) is 11.4 Å². The van der Waals surface area contributed by atoms with Crippen LogP contribution in [0.15, 0.2) is 24.5 Å². The van der Waals surface area contributed by atoms with Crippen LogP contribution in [0.1, 0.15) is 23.0 Å². The van der Waals surface area contributed by atoms with Gasteiger partial charge in [-0.2, -0.15) is 5.26 Å². The molecular formula is C11H9N5O2. The molecule has 2 heterocycles. The minimum Gasteiger partial charge on any atom is -0.461 e. The molecule has 0 fully saturated rings. The molecule has 2 aromatic heterocycles. The topological polar surface area (TPSA) is 93.7 Å². The lowest BCUT2D eigenvalue weighted by molar-refractivity contribution is 0.0519. The zero-order valence-electron chi connectivity index (χ0n) is 9.57. The summed E-state index contributed by atoms with van der Waals surface area (Å²) in [6.45, 7) is 1.99. The molecule has 0 aliphatic carbocycles. The maximum absolute atomic E-state index is 11.4. The first-order valence-corrected chi connectivity index (χ1v) is 5.20. The highest BCUT2D eigenvalue weighted by molar-refractivity contribution is 5.86. The molecule has 0 unspecified atom stereocenters. The van der Waals surface area contributed by atoms with Crippen molar-refractivity contribution in [3.05, 3.63) is 35.8 Å². The molecule has 0 amide bonds. The molecule has 0 N–H and O–H groups in total. The largest absolute Gasteiger partial charge is 0.461 e. The Kier molecular flexibility index (Phi) is 3.29. The lowest BCUT2D eigenvalue weighted by Crippen LogP contribution is -2.04. The number of nitrogens with zero attached hydrogens (tertiary/aromatic N) is 5. The number of carbonyl (C=O) groups is 1. The summed E-state index contributed by atoms with van der Waals surface area (Å²) in [6, 6.07) is 5.18. The van der Waals surface area contributed by atoms with Gasteiger partial charge in [0.25, 0.3) is 0 Å². The Hall–Kier alpha value is -2.75. The normalized spacial score (nSPS) is 9.78. The van der Waals surface area contributed by atoms with Crippen LogP contribution in [0.25, 0.3) is 5.82 Å². The van der Waals surface area contributed by atoms with Gasteiger partial charge in [0.05, 0.1) is 18.4 Å². The summed E-state index contributed by atoms with van der Waals surface area (Å²) in [5.74, 6) is -0.0607. The number of nitriles is 1. The molecule has 2 rings (SSSR count). The van der Waals surface area contributed by atoms with Gasteiger partial charge >= 0.3 is 5.97 Å². The lowest BCUT2D eigenvalue weighted by Gasteiger charge is -1.97. The average Bonchev–Trinajstić information content (AvgIpc) is 2.89. The van der Waals surface area contributed by atoms with E-state index in [1.165, 1.54) is 17.1 Å². The van der Waals surface area contributed by atoms with Crippen LogP contribution >= 0.6 is 0 Å². The third kappa shape index (κ3) is 2.32. The van der Waals surface area contributed by atoms with Crippen molar-refractivity contribution in [2.45, 2.75) is 6.92 Å². The van der Waals surface area contributed by atoms with E-state index in [4.69, 9.17) is 10.00 Å². The van der Waals surface area contributed by atoms with Crippen molar-refractivity contribution in [1.82, 2.24) is 20.0 Å². The summed E-state index contributed by atoms with van der Waals surface area (Å²) in [5.41, 5.74) is 0.562. The molecule has 0 aliphatic heterocycles. The maximum atomic E-state index is 11.4. The summed E-state index contributed by atoms with van der Waals surface area (Å²) in [4.78, 5) is 15.4. The van der Waals surface area contributed by atoms with Gasteiger partial charge in [0.15, 0.2) is 11.5 Å². The Morgan fingerprint density at radius 1 is 1.56 bits per heavy atom. The van der Waals surface area contributed by atoms with E-state index in [2.05, 4.69) is 15.3 Å². The smallest absolute Gasteiger partial charge is 0.360 e. The highest BCUT2D eigenvalue weighted by atomic mass is 16.5. The van der Waals surface area contributed by atoms with Crippen molar-refractivity contribution in [2.24, 2.45) is 0 Å². The van der Waals surface area contributed by atoms with Crippen LogP contribution in [-0.4, -0.2) is 32.6 Å². The standard InChI is InChI=1S/C11H9N5O2/c1-2-18-11(17)9-7-16(15-14-9)10-4-3-8(5-12)6-13-10/h3-4,6-7H,2H2,1H3. The fraction of sp³-hybridized carbons (Fsp3) is 0.182. The van der Waals surface area contributed by atoms with Gasteiger partial charge in [0, 0.05) is 6.20 Å². The quantitative estimate of drug-likeness (QED) is 0.737. The van der Waals surface area contributed by atoms with E-state index in [-0.39, 0.29) is 12.3 Å². The molecule has 7 nitrogen and oxygen atoms in total. The van der Waals surface area contributed by atoms with Gasteiger partial charge in [-0.3, -0.25) is 0 Å². The van der Waals surface area contributed by atoms with Crippen molar-refractivity contribution >= 4 is 5.97 Å². The molecule has 0 saturated carbocycles. The first-order valence-electron chi connectivity index (χ1n) is 5.20. The lowest BCUT2D eigenvalue weighted by atomic mass is 10.3. The highest BCUT2D eigenvalue weighted by Crippen LogP contribution is 2.05. The molecule has 0 aromatic carbocycles. The van der Waals surface area contributed by atoms with Gasteiger partial charge in [-0.25, -0.2) is 14.5 Å². The van der Waals surface area contributed by atoms with E-state index in [1.54, 1.807) is 19.1 Å². The molecule has 0 radical (unpaired) electrons. The second kappa shape index (κ2) is 5.05. The zero-order valence-corrected chi connectivity index (χ0v) is 9.57. The second-order valence-electron chi connectivity index (χ2n) is 3.29. The molecule has 0 saturated heterocycles. The summed E-state index contributed by atoms with van der Waals surface area (Å²) >= 11 is 0. The Balaban J connectivity index is 2.24. The van der Waals surface area contributed by atoms with Gasteiger partial charge < -0.3 is 4.74 Å². The van der Waals surface area contributed by atoms with Crippen LogP contribution in [0.2, 0.25) is 0 Å². The Labute approximate surface area is 103 Å². The van der Waals surface area contributed by atoms with Gasteiger partial charge in [0.2, 0.25) is 0 Å². The number of rotatable bonds is 3. The van der Waals surface area contributed by atoms with Crippen molar-refractivity contribution < 1.29 is 9.53 Å². The number of esters is 1. The van der Waals surface area contributed by atoms with Gasteiger partial charge in [-0.05, 0) is 19.1 Å². The molecule has 18 heavy (non-hydrogen) atoms.